The van der Waals surface area contributed by atoms with Crippen LogP contribution in [0.3, 0.4) is 0 Å². The molecule has 0 saturated carbocycles. The zero-order valence-corrected chi connectivity index (χ0v) is 16.2. The number of hydrogen-bond donors (Lipinski definition) is 2. The van der Waals surface area contributed by atoms with Crippen molar-refractivity contribution < 1.29 is 9.59 Å². The molecule has 2 unspecified atom stereocenters. The summed E-state index contributed by atoms with van der Waals surface area (Å²) in [5, 5.41) is 10.8. The number of nitrogens with zero attached hydrogens (tertiary/aromatic N) is 2. The summed E-state index contributed by atoms with van der Waals surface area (Å²) in [6.45, 7) is 0.762. The van der Waals surface area contributed by atoms with Crippen molar-refractivity contribution in [3.63, 3.8) is 0 Å². The number of hydrogen-bond acceptors (Lipinski definition) is 3. The highest BCUT2D eigenvalue weighted by atomic mass is 16.2. The van der Waals surface area contributed by atoms with Crippen LogP contribution in [-0.2, 0) is 22.6 Å². The zero-order chi connectivity index (χ0) is 19.3. The molecule has 1 aliphatic carbocycles. The molecular formula is C22H28N4O2. The standard InChI is InChI=1S/C22H28N4O2/c27-21-11-4-8-17(24-21)12-13-22(28)25-19-9-5-10-20-18(19)14-23-26(20)15-16-6-2-1-3-7-16/h1-3,6-7,14,17,19H,4-5,8-13,15H2,(H,24,27)(H,25,28). The van der Waals surface area contributed by atoms with E-state index in [4.69, 9.17) is 0 Å². The Morgan fingerprint density at radius 3 is 2.82 bits per heavy atom. The smallest absolute Gasteiger partial charge is 0.220 e. The van der Waals surface area contributed by atoms with Gasteiger partial charge in [0, 0.05) is 30.1 Å². The van der Waals surface area contributed by atoms with Crippen LogP contribution in [-0.4, -0.2) is 27.6 Å². The minimum Gasteiger partial charge on any atom is -0.353 e. The van der Waals surface area contributed by atoms with Crippen LogP contribution in [0.2, 0.25) is 0 Å². The maximum Gasteiger partial charge on any atom is 0.220 e. The lowest BCUT2D eigenvalue weighted by Gasteiger charge is -2.26. The molecule has 0 bridgehead atoms. The molecule has 0 spiro atoms. The molecule has 1 saturated heterocycles. The summed E-state index contributed by atoms with van der Waals surface area (Å²) in [4.78, 5) is 24.0. The van der Waals surface area contributed by atoms with Gasteiger partial charge in [-0.1, -0.05) is 30.3 Å². The maximum atomic E-state index is 12.5. The van der Waals surface area contributed by atoms with Gasteiger partial charge in [-0.25, -0.2) is 0 Å². The van der Waals surface area contributed by atoms with Crippen LogP contribution in [0.1, 0.15) is 67.8 Å². The Labute approximate surface area is 165 Å². The average Bonchev–Trinajstić information content (AvgIpc) is 3.11. The molecule has 2 amide bonds. The van der Waals surface area contributed by atoms with Gasteiger partial charge >= 0.3 is 0 Å². The average molecular weight is 380 g/mol. The monoisotopic (exact) mass is 380 g/mol. The molecule has 6 heteroatoms. The largest absolute Gasteiger partial charge is 0.353 e. The second kappa shape index (κ2) is 8.59. The molecule has 2 aliphatic rings. The molecule has 2 atom stereocenters. The third-order valence-electron chi connectivity index (χ3n) is 5.81. The highest BCUT2D eigenvalue weighted by Gasteiger charge is 2.26. The Balaban J connectivity index is 1.35. The summed E-state index contributed by atoms with van der Waals surface area (Å²) in [5.74, 6) is 0.174. The molecule has 1 fully saturated rings. The van der Waals surface area contributed by atoms with Gasteiger partial charge in [0.2, 0.25) is 11.8 Å². The predicted molar refractivity (Wildman–Crippen MR) is 107 cm³/mol. The molecule has 0 radical (unpaired) electrons. The normalized spacial score (nSPS) is 21.6. The third-order valence-corrected chi connectivity index (χ3v) is 5.81. The lowest BCUT2D eigenvalue weighted by molar-refractivity contribution is -0.125. The summed E-state index contributed by atoms with van der Waals surface area (Å²) in [6, 6.07) is 10.5. The first kappa shape index (κ1) is 18.7. The summed E-state index contributed by atoms with van der Waals surface area (Å²) in [6.07, 6.45) is 8.60. The van der Waals surface area contributed by atoms with E-state index in [1.807, 2.05) is 24.4 Å². The minimum atomic E-state index is 0.0433. The zero-order valence-electron chi connectivity index (χ0n) is 16.2. The Hall–Kier alpha value is -2.63. The van der Waals surface area contributed by atoms with Crippen molar-refractivity contribution in [2.45, 2.75) is 70.0 Å². The molecule has 1 aromatic heterocycles. The van der Waals surface area contributed by atoms with E-state index in [-0.39, 0.29) is 23.9 Å². The van der Waals surface area contributed by atoms with Gasteiger partial charge in [0.05, 0.1) is 18.8 Å². The predicted octanol–water partition coefficient (Wildman–Crippen LogP) is 2.87. The molecule has 4 rings (SSSR count). The maximum absolute atomic E-state index is 12.5. The van der Waals surface area contributed by atoms with Crippen LogP contribution >= 0.6 is 0 Å². The van der Waals surface area contributed by atoms with Gasteiger partial charge in [-0.2, -0.15) is 5.10 Å². The molecular weight excluding hydrogens is 352 g/mol. The van der Waals surface area contributed by atoms with Crippen molar-refractivity contribution in [1.29, 1.82) is 0 Å². The summed E-state index contributed by atoms with van der Waals surface area (Å²) in [5.41, 5.74) is 3.62. The number of amides is 2. The van der Waals surface area contributed by atoms with Crippen LogP contribution < -0.4 is 10.6 Å². The van der Waals surface area contributed by atoms with Crippen LogP contribution in [0.25, 0.3) is 0 Å². The van der Waals surface area contributed by atoms with E-state index in [0.29, 0.717) is 19.3 Å². The second-order valence-corrected chi connectivity index (χ2v) is 7.90. The minimum absolute atomic E-state index is 0.0433. The Kier molecular flexibility index (Phi) is 5.74. The van der Waals surface area contributed by atoms with Crippen molar-refractivity contribution in [2.24, 2.45) is 0 Å². The van der Waals surface area contributed by atoms with Crippen LogP contribution in [0.15, 0.2) is 36.5 Å². The third kappa shape index (κ3) is 4.43. The number of piperidine rings is 1. The lowest BCUT2D eigenvalue weighted by Crippen LogP contribution is -2.39. The summed E-state index contributed by atoms with van der Waals surface area (Å²) >= 11 is 0. The highest BCUT2D eigenvalue weighted by molar-refractivity contribution is 5.78. The fourth-order valence-electron chi connectivity index (χ4n) is 4.33. The van der Waals surface area contributed by atoms with Gasteiger partial charge in [0.25, 0.3) is 0 Å². The number of aromatic nitrogens is 2. The van der Waals surface area contributed by atoms with E-state index in [1.54, 1.807) is 0 Å². The first-order valence-corrected chi connectivity index (χ1v) is 10.4. The van der Waals surface area contributed by atoms with Gasteiger partial charge in [0.1, 0.15) is 0 Å². The fraction of sp³-hybridized carbons (Fsp3) is 0.500. The fourth-order valence-corrected chi connectivity index (χ4v) is 4.33. The van der Waals surface area contributed by atoms with E-state index < -0.39 is 0 Å². The molecule has 2 heterocycles. The van der Waals surface area contributed by atoms with Gasteiger partial charge in [0.15, 0.2) is 0 Å². The summed E-state index contributed by atoms with van der Waals surface area (Å²) < 4.78 is 2.07. The van der Waals surface area contributed by atoms with Crippen molar-refractivity contribution in [1.82, 2.24) is 20.4 Å². The van der Waals surface area contributed by atoms with Crippen molar-refractivity contribution in [3.05, 3.63) is 53.3 Å². The molecule has 28 heavy (non-hydrogen) atoms. The highest BCUT2D eigenvalue weighted by Crippen LogP contribution is 2.30. The lowest BCUT2D eigenvalue weighted by atomic mass is 9.92. The first-order valence-electron chi connectivity index (χ1n) is 10.4. The van der Waals surface area contributed by atoms with Gasteiger partial charge in [-0.15, -0.1) is 0 Å². The second-order valence-electron chi connectivity index (χ2n) is 7.90. The van der Waals surface area contributed by atoms with E-state index in [0.717, 1.165) is 44.2 Å². The van der Waals surface area contributed by atoms with Crippen molar-refractivity contribution in [3.8, 4) is 0 Å². The Morgan fingerprint density at radius 1 is 1.18 bits per heavy atom. The van der Waals surface area contributed by atoms with Crippen LogP contribution in [0, 0.1) is 0 Å². The number of rotatable bonds is 6. The van der Waals surface area contributed by atoms with Gasteiger partial charge < -0.3 is 10.6 Å². The molecule has 6 nitrogen and oxygen atoms in total. The summed E-state index contributed by atoms with van der Waals surface area (Å²) in [7, 11) is 0. The van der Waals surface area contributed by atoms with Crippen molar-refractivity contribution >= 4 is 11.8 Å². The molecule has 2 aromatic rings. The van der Waals surface area contributed by atoms with E-state index in [9.17, 15) is 9.59 Å². The number of benzene rings is 1. The van der Waals surface area contributed by atoms with Gasteiger partial charge in [-0.05, 0) is 44.1 Å². The quantitative estimate of drug-likeness (QED) is 0.809. The van der Waals surface area contributed by atoms with Crippen LogP contribution in [0.5, 0.6) is 0 Å². The molecule has 1 aromatic carbocycles. The Bertz CT molecular complexity index is 830. The molecule has 148 valence electrons. The van der Waals surface area contributed by atoms with Gasteiger partial charge in [-0.3, -0.25) is 14.3 Å². The molecule has 2 N–H and O–H groups in total. The SMILES string of the molecule is O=C1CCCC(CCC(=O)NC2CCCc3c2cnn3Cc2ccccc2)N1. The Morgan fingerprint density at radius 2 is 2.00 bits per heavy atom. The van der Waals surface area contributed by atoms with Crippen molar-refractivity contribution in [2.75, 3.05) is 0 Å². The first-order chi connectivity index (χ1) is 13.7. The number of nitrogens with one attached hydrogen (secondary N) is 2. The number of carbonyl (C=O) groups excluding carboxylic acids is 2. The number of carbonyl (C=O) groups is 2. The van der Waals surface area contributed by atoms with Crippen LogP contribution in [0.4, 0.5) is 0 Å². The number of fused-ring (bicyclic) bond motifs is 1. The van der Waals surface area contributed by atoms with E-state index >= 15 is 0 Å². The van der Waals surface area contributed by atoms with E-state index in [2.05, 4.69) is 32.5 Å². The topological polar surface area (TPSA) is 76.0 Å². The van der Waals surface area contributed by atoms with E-state index in [1.165, 1.54) is 11.3 Å². The molecule has 1 aliphatic heterocycles.